The van der Waals surface area contributed by atoms with E-state index in [1.807, 2.05) is 61.5 Å². The molecule has 7 rings (SSSR count). The van der Waals surface area contributed by atoms with Crippen LogP contribution >= 0.6 is 0 Å². The van der Waals surface area contributed by atoms with E-state index in [-0.39, 0.29) is 35.0 Å². The van der Waals surface area contributed by atoms with Gasteiger partial charge in [0.25, 0.3) is 0 Å². The van der Waals surface area contributed by atoms with Gasteiger partial charge in [0, 0.05) is 37.1 Å². The van der Waals surface area contributed by atoms with Crippen LogP contribution in [0.5, 0.6) is 23.0 Å². The van der Waals surface area contributed by atoms with Gasteiger partial charge < -0.3 is 20.1 Å². The fraction of sp³-hybridized carbons (Fsp3) is 0.375. The molecule has 4 aromatic rings. The summed E-state index contributed by atoms with van der Waals surface area (Å²) in [6.45, 7) is 5.84. The van der Waals surface area contributed by atoms with Crippen LogP contribution in [0.15, 0.2) is 120 Å². The van der Waals surface area contributed by atoms with Gasteiger partial charge in [0.05, 0.1) is 0 Å². The average Bonchev–Trinajstić information content (AvgIpc) is 3.15. The summed E-state index contributed by atoms with van der Waals surface area (Å²) in [5.41, 5.74) is 6.81. The van der Waals surface area contributed by atoms with Gasteiger partial charge in [0.2, 0.25) is 0 Å². The Balaban J connectivity index is 0.000000196. The summed E-state index contributed by atoms with van der Waals surface area (Å²) in [6.07, 6.45) is 9.17. The number of fused-ring (bicyclic) bond motifs is 3. The molecule has 0 bridgehead atoms. The molecule has 0 saturated carbocycles. The van der Waals surface area contributed by atoms with E-state index in [0.29, 0.717) is 48.1 Å². The van der Waals surface area contributed by atoms with Crippen LogP contribution in [-0.2, 0) is 25.7 Å². The van der Waals surface area contributed by atoms with Gasteiger partial charge in [0.1, 0.15) is 28.6 Å². The van der Waals surface area contributed by atoms with Crippen LogP contribution in [0.1, 0.15) is 114 Å². The van der Waals surface area contributed by atoms with Crippen molar-refractivity contribution in [2.75, 3.05) is 0 Å². The van der Waals surface area contributed by atoms with Gasteiger partial charge in [0.15, 0.2) is 0 Å². The number of aromatic hydroxyl groups is 3. The minimum atomic E-state index is -2.17. The molecule has 3 aliphatic rings. The van der Waals surface area contributed by atoms with Gasteiger partial charge >= 0.3 is 0 Å². The maximum absolute atomic E-state index is 10.9. The molecule has 0 saturated heterocycles. The van der Waals surface area contributed by atoms with Crippen molar-refractivity contribution in [3.8, 4) is 23.0 Å². The maximum atomic E-state index is 10.9. The van der Waals surface area contributed by atoms with Crippen LogP contribution < -0.4 is 4.74 Å². The van der Waals surface area contributed by atoms with Crippen molar-refractivity contribution < 1.29 is 28.3 Å². The summed E-state index contributed by atoms with van der Waals surface area (Å²) >= 11 is 0. The number of allylic oxidation sites excluding steroid dienone is 5. The molecule has 3 N–H and O–H groups in total. The van der Waals surface area contributed by atoms with Crippen molar-refractivity contribution in [1.82, 2.24) is 0 Å². The molecule has 0 unspecified atom stereocenters. The fourth-order valence-electron chi connectivity index (χ4n) is 8.34. The van der Waals surface area contributed by atoms with Crippen molar-refractivity contribution in [2.45, 2.75) is 103 Å². The molecule has 1 heterocycles. The van der Waals surface area contributed by atoms with Gasteiger partial charge in [-0.25, -0.2) is 0 Å². The summed E-state index contributed by atoms with van der Waals surface area (Å²) < 4.78 is 53.0. The van der Waals surface area contributed by atoms with Gasteiger partial charge in [-0.1, -0.05) is 96.1 Å². The lowest BCUT2D eigenvalue weighted by Gasteiger charge is -2.46. The lowest BCUT2D eigenvalue weighted by molar-refractivity contribution is 0.0107. The van der Waals surface area contributed by atoms with Crippen molar-refractivity contribution >= 4 is 0 Å². The molecule has 0 fully saturated rings. The second-order valence-corrected chi connectivity index (χ2v) is 15.3. The monoisotopic (exact) mass is 702 g/mol. The van der Waals surface area contributed by atoms with E-state index in [9.17, 15) is 15.3 Å². The first-order valence-corrected chi connectivity index (χ1v) is 18.6. The molecule has 2 aliphatic carbocycles. The standard InChI is InChI=1S/2C24H28O2/c1-16-9-12-20-19(13-16)23-21(25)14-18(15-22(23)26-24(20,2)3)11-10-17-7-5-4-6-8-17;1-16(2)20-12-9-17(3)13-21(20)24-22(25)14-19(15-23(24)26)11-10-18-7-5-4-6-8-18/h4-8,13-15,19-20,25H,9-12H2,1-3H3;4-8,13-15,20-21,25-26H,1,9-12H2,2-3H3/t19-,20-;20-,21+/m10/s1/i1D3;3D3. The third-order valence-electron chi connectivity index (χ3n) is 11.1. The highest BCUT2D eigenvalue weighted by molar-refractivity contribution is 5.54. The first-order chi connectivity index (χ1) is 27.3. The Hall–Kier alpha value is -4.70. The number of hydrogen-bond donors (Lipinski definition) is 3. The molecule has 1 aliphatic heterocycles. The molecule has 4 heteroatoms. The molecule has 4 atom stereocenters. The number of benzene rings is 4. The summed E-state index contributed by atoms with van der Waals surface area (Å²) in [7, 11) is 0. The topological polar surface area (TPSA) is 69.9 Å². The van der Waals surface area contributed by atoms with E-state index in [4.69, 9.17) is 13.0 Å². The molecule has 0 aromatic heterocycles. The second kappa shape index (κ2) is 15.9. The lowest BCUT2D eigenvalue weighted by Crippen LogP contribution is -2.45. The van der Waals surface area contributed by atoms with E-state index in [2.05, 4.69) is 44.7 Å². The number of phenols is 3. The lowest BCUT2D eigenvalue weighted by atomic mass is 9.68. The molecular formula is C48H56O4. The predicted molar refractivity (Wildman–Crippen MR) is 214 cm³/mol. The molecule has 0 amide bonds. The third kappa shape index (κ3) is 8.49. The largest absolute Gasteiger partial charge is 0.507 e. The highest BCUT2D eigenvalue weighted by Gasteiger charge is 2.45. The first kappa shape index (κ1) is 29.8. The molecule has 4 nitrogen and oxygen atoms in total. The Morgan fingerprint density at radius 3 is 1.71 bits per heavy atom. The average molecular weight is 703 g/mol. The van der Waals surface area contributed by atoms with Crippen molar-refractivity contribution in [2.24, 2.45) is 11.8 Å². The van der Waals surface area contributed by atoms with E-state index in [1.165, 1.54) is 11.1 Å². The zero-order valence-electron chi connectivity index (χ0n) is 36.7. The Morgan fingerprint density at radius 1 is 0.692 bits per heavy atom. The van der Waals surface area contributed by atoms with Crippen LogP contribution in [-0.4, -0.2) is 20.9 Å². The third-order valence-corrected chi connectivity index (χ3v) is 11.1. The molecule has 52 heavy (non-hydrogen) atoms. The number of ether oxygens (including phenoxy) is 1. The number of aryl methyl sites for hydroxylation is 4. The van der Waals surface area contributed by atoms with Crippen LogP contribution in [0.3, 0.4) is 0 Å². The van der Waals surface area contributed by atoms with Gasteiger partial charge in [-0.3, -0.25) is 0 Å². The molecule has 4 aromatic carbocycles. The van der Waals surface area contributed by atoms with Crippen LogP contribution in [0, 0.1) is 11.8 Å². The number of hydrogen-bond acceptors (Lipinski definition) is 4. The molecular weight excluding hydrogens is 641 g/mol. The minimum absolute atomic E-state index is 0.00681. The van der Waals surface area contributed by atoms with Gasteiger partial charge in [-0.2, -0.15) is 0 Å². The number of phenolic OH excluding ortho intramolecular Hbond substituents is 3. The van der Waals surface area contributed by atoms with E-state index in [0.717, 1.165) is 47.9 Å². The van der Waals surface area contributed by atoms with Crippen LogP contribution in [0.25, 0.3) is 0 Å². The smallest absolute Gasteiger partial charge is 0.127 e. The first-order valence-electron chi connectivity index (χ1n) is 21.6. The summed E-state index contributed by atoms with van der Waals surface area (Å²) in [5.74, 6) is 0.484. The quantitative estimate of drug-likeness (QED) is 0.160. The predicted octanol–water partition coefficient (Wildman–Crippen LogP) is 11.7. The molecule has 272 valence electrons. The molecule has 0 spiro atoms. The summed E-state index contributed by atoms with van der Waals surface area (Å²) in [5, 5.41) is 32.4. The summed E-state index contributed by atoms with van der Waals surface area (Å²) in [6, 6.07) is 27.5. The maximum Gasteiger partial charge on any atom is 0.127 e. The molecule has 0 radical (unpaired) electrons. The minimum Gasteiger partial charge on any atom is -0.507 e. The van der Waals surface area contributed by atoms with Crippen LogP contribution in [0.4, 0.5) is 0 Å². The highest BCUT2D eigenvalue weighted by Crippen LogP contribution is 2.53. The Labute approximate surface area is 319 Å². The zero-order chi connectivity index (χ0) is 42.0. The van der Waals surface area contributed by atoms with Gasteiger partial charge in [-0.05, 0) is 138 Å². The Morgan fingerprint density at radius 2 is 1.17 bits per heavy atom. The number of rotatable bonds is 8. The second-order valence-electron chi connectivity index (χ2n) is 15.3. The van der Waals surface area contributed by atoms with Crippen molar-refractivity contribution in [3.05, 3.63) is 154 Å². The SMILES string of the molecule is [2H]C([2H])([2H])C1=C[C@@H](c2c(O)cc(CCc3ccccc3)cc2O)[C@H](C(=C)C)CC1.[2H]C([2H])([2H])C1=C[C@H]2c3c(O)cc(CCc4ccccc4)cc3OC(C)(C)[C@@H]2CC1. The normalized spacial score (nSPS) is 23.8. The van der Waals surface area contributed by atoms with Crippen LogP contribution in [0.2, 0.25) is 0 Å². The zero-order valence-corrected chi connectivity index (χ0v) is 30.7. The van der Waals surface area contributed by atoms with Gasteiger partial charge in [-0.15, -0.1) is 0 Å². The highest BCUT2D eigenvalue weighted by atomic mass is 16.5. The van der Waals surface area contributed by atoms with Crippen molar-refractivity contribution in [1.29, 1.82) is 0 Å². The van der Waals surface area contributed by atoms with E-state index < -0.39 is 25.2 Å². The van der Waals surface area contributed by atoms with Crippen molar-refractivity contribution in [3.63, 3.8) is 0 Å². The fourth-order valence-corrected chi connectivity index (χ4v) is 8.34. The Kier molecular flexibility index (Phi) is 9.12. The van der Waals surface area contributed by atoms with E-state index in [1.54, 1.807) is 18.2 Å². The van der Waals surface area contributed by atoms with E-state index >= 15 is 0 Å². The summed E-state index contributed by atoms with van der Waals surface area (Å²) in [4.78, 5) is 0. The Bertz CT molecular complexity index is 2130.